The molecule has 1 aromatic heterocycles. The highest BCUT2D eigenvalue weighted by atomic mass is 16.5. The van der Waals surface area contributed by atoms with E-state index >= 15 is 0 Å². The summed E-state index contributed by atoms with van der Waals surface area (Å²) in [6, 6.07) is 5.05. The van der Waals surface area contributed by atoms with Crippen LogP contribution in [0.3, 0.4) is 0 Å². The quantitative estimate of drug-likeness (QED) is 0.862. The third-order valence-electron chi connectivity index (χ3n) is 4.86. The second kappa shape index (κ2) is 8.02. The third kappa shape index (κ3) is 4.04. The van der Waals surface area contributed by atoms with Crippen molar-refractivity contribution in [2.75, 3.05) is 46.1 Å². The number of rotatable bonds is 6. The minimum Gasteiger partial charge on any atom is -0.381 e. The SMILES string of the molecule is C[C@H](NC[C@@H]([C@H]1CCOC1)N1CCOCC1)c1ccncc1. The molecule has 5 heteroatoms. The fraction of sp³-hybridized carbons (Fsp3) is 0.706. The lowest BCUT2D eigenvalue weighted by Crippen LogP contribution is -2.51. The minimum absolute atomic E-state index is 0.342. The van der Waals surface area contributed by atoms with Gasteiger partial charge in [-0.2, -0.15) is 0 Å². The molecular weight excluding hydrogens is 278 g/mol. The molecule has 1 aromatic rings. The van der Waals surface area contributed by atoms with E-state index in [0.29, 0.717) is 18.0 Å². The van der Waals surface area contributed by atoms with Crippen molar-refractivity contribution in [1.29, 1.82) is 0 Å². The summed E-state index contributed by atoms with van der Waals surface area (Å²) in [7, 11) is 0. The Hall–Kier alpha value is -1.01. The minimum atomic E-state index is 0.342. The standard InChI is InChI=1S/C17H27N3O2/c1-14(15-2-5-18-6-3-15)19-12-17(16-4-9-22-13-16)20-7-10-21-11-8-20/h2-3,5-6,14,16-17,19H,4,7-13H2,1H3/t14-,16-,17-/m0/s1. The van der Waals surface area contributed by atoms with Gasteiger partial charge in [-0.05, 0) is 31.0 Å². The number of hydrogen-bond acceptors (Lipinski definition) is 5. The van der Waals surface area contributed by atoms with Crippen LogP contribution in [0.15, 0.2) is 24.5 Å². The van der Waals surface area contributed by atoms with Gasteiger partial charge in [0.2, 0.25) is 0 Å². The molecule has 0 aromatic carbocycles. The van der Waals surface area contributed by atoms with E-state index in [-0.39, 0.29) is 0 Å². The van der Waals surface area contributed by atoms with Crippen molar-refractivity contribution >= 4 is 0 Å². The molecule has 0 bridgehead atoms. The van der Waals surface area contributed by atoms with Gasteiger partial charge in [0.15, 0.2) is 0 Å². The van der Waals surface area contributed by atoms with Gasteiger partial charge < -0.3 is 14.8 Å². The van der Waals surface area contributed by atoms with Crippen molar-refractivity contribution in [2.45, 2.75) is 25.4 Å². The van der Waals surface area contributed by atoms with Gasteiger partial charge in [0, 0.05) is 56.6 Å². The summed E-state index contributed by atoms with van der Waals surface area (Å²) < 4.78 is 11.1. The second-order valence-corrected chi connectivity index (χ2v) is 6.25. The lowest BCUT2D eigenvalue weighted by Gasteiger charge is -2.38. The molecule has 122 valence electrons. The molecule has 0 spiro atoms. The third-order valence-corrected chi connectivity index (χ3v) is 4.86. The van der Waals surface area contributed by atoms with Crippen molar-refractivity contribution in [3.8, 4) is 0 Å². The van der Waals surface area contributed by atoms with E-state index in [4.69, 9.17) is 9.47 Å². The Bertz CT molecular complexity index is 431. The molecule has 22 heavy (non-hydrogen) atoms. The van der Waals surface area contributed by atoms with E-state index in [2.05, 4.69) is 34.3 Å². The molecule has 2 aliphatic heterocycles. The Kier molecular flexibility index (Phi) is 5.78. The number of pyridine rings is 1. The van der Waals surface area contributed by atoms with Gasteiger partial charge in [0.1, 0.15) is 0 Å². The van der Waals surface area contributed by atoms with Gasteiger partial charge in [-0.25, -0.2) is 0 Å². The first-order chi connectivity index (χ1) is 10.8. The monoisotopic (exact) mass is 305 g/mol. The zero-order chi connectivity index (χ0) is 15.2. The van der Waals surface area contributed by atoms with Gasteiger partial charge in [0.05, 0.1) is 19.8 Å². The van der Waals surface area contributed by atoms with Crippen LogP contribution in [0.5, 0.6) is 0 Å². The number of morpholine rings is 1. The maximum absolute atomic E-state index is 5.63. The molecule has 1 N–H and O–H groups in total. The van der Waals surface area contributed by atoms with Crippen LogP contribution in [0.25, 0.3) is 0 Å². The number of nitrogens with zero attached hydrogens (tertiary/aromatic N) is 2. The summed E-state index contributed by atoms with van der Waals surface area (Å²) in [4.78, 5) is 6.67. The van der Waals surface area contributed by atoms with Crippen LogP contribution in [0.1, 0.15) is 24.9 Å². The number of nitrogens with one attached hydrogen (secondary N) is 1. The molecular formula is C17H27N3O2. The molecule has 3 atom stereocenters. The van der Waals surface area contributed by atoms with Crippen LogP contribution in [0.2, 0.25) is 0 Å². The van der Waals surface area contributed by atoms with Gasteiger partial charge in [-0.15, -0.1) is 0 Å². The molecule has 2 saturated heterocycles. The molecule has 3 rings (SSSR count). The fourth-order valence-corrected chi connectivity index (χ4v) is 3.43. The van der Waals surface area contributed by atoms with Crippen LogP contribution in [0, 0.1) is 5.92 Å². The van der Waals surface area contributed by atoms with Crippen LogP contribution in [-0.2, 0) is 9.47 Å². The lowest BCUT2D eigenvalue weighted by molar-refractivity contribution is 0.000912. The van der Waals surface area contributed by atoms with Crippen molar-refractivity contribution < 1.29 is 9.47 Å². The number of ether oxygens (including phenoxy) is 2. The average Bonchev–Trinajstić information content (AvgIpc) is 3.11. The lowest BCUT2D eigenvalue weighted by atomic mass is 9.96. The molecule has 3 heterocycles. The summed E-state index contributed by atoms with van der Waals surface area (Å²) in [5.74, 6) is 0.634. The summed E-state index contributed by atoms with van der Waals surface area (Å²) in [6.07, 6.45) is 4.89. The van der Waals surface area contributed by atoms with E-state index in [1.54, 1.807) is 0 Å². The van der Waals surface area contributed by atoms with Gasteiger partial charge in [-0.1, -0.05) is 0 Å². The van der Waals surface area contributed by atoms with Crippen LogP contribution in [0.4, 0.5) is 0 Å². The molecule has 0 aliphatic carbocycles. The molecule has 2 fully saturated rings. The highest BCUT2D eigenvalue weighted by Gasteiger charge is 2.31. The molecule has 5 nitrogen and oxygen atoms in total. The van der Waals surface area contributed by atoms with Crippen molar-refractivity contribution in [3.63, 3.8) is 0 Å². The van der Waals surface area contributed by atoms with Gasteiger partial charge in [-0.3, -0.25) is 9.88 Å². The van der Waals surface area contributed by atoms with E-state index in [1.165, 1.54) is 12.0 Å². The predicted molar refractivity (Wildman–Crippen MR) is 85.8 cm³/mol. The Morgan fingerprint density at radius 3 is 2.68 bits per heavy atom. The van der Waals surface area contributed by atoms with Gasteiger partial charge in [0.25, 0.3) is 0 Å². The topological polar surface area (TPSA) is 46.6 Å². The Labute approximate surface area is 133 Å². The van der Waals surface area contributed by atoms with Gasteiger partial charge >= 0.3 is 0 Å². The number of aromatic nitrogens is 1. The smallest absolute Gasteiger partial charge is 0.0594 e. The molecule has 0 saturated carbocycles. The first kappa shape index (κ1) is 15.9. The highest BCUT2D eigenvalue weighted by molar-refractivity contribution is 5.14. The van der Waals surface area contributed by atoms with E-state index in [0.717, 1.165) is 46.1 Å². The predicted octanol–water partition coefficient (Wildman–Crippen LogP) is 1.47. The summed E-state index contributed by atoms with van der Waals surface area (Å²) in [5.41, 5.74) is 1.29. The average molecular weight is 305 g/mol. The van der Waals surface area contributed by atoms with E-state index < -0.39 is 0 Å². The van der Waals surface area contributed by atoms with Crippen molar-refractivity contribution in [2.24, 2.45) is 5.92 Å². The first-order valence-electron chi connectivity index (χ1n) is 8.37. The number of hydrogen-bond donors (Lipinski definition) is 1. The van der Waals surface area contributed by atoms with Crippen LogP contribution in [-0.4, -0.2) is 62.0 Å². The van der Waals surface area contributed by atoms with Crippen LogP contribution >= 0.6 is 0 Å². The highest BCUT2D eigenvalue weighted by Crippen LogP contribution is 2.22. The first-order valence-corrected chi connectivity index (χ1v) is 8.37. The maximum Gasteiger partial charge on any atom is 0.0594 e. The Morgan fingerprint density at radius 2 is 2.00 bits per heavy atom. The largest absolute Gasteiger partial charge is 0.381 e. The van der Waals surface area contributed by atoms with Crippen molar-refractivity contribution in [3.05, 3.63) is 30.1 Å². The molecule has 2 aliphatic rings. The summed E-state index contributed by atoms with van der Waals surface area (Å²) >= 11 is 0. The molecule has 0 unspecified atom stereocenters. The van der Waals surface area contributed by atoms with Crippen molar-refractivity contribution in [1.82, 2.24) is 15.2 Å². The molecule has 0 amide bonds. The van der Waals surface area contributed by atoms with Crippen LogP contribution < -0.4 is 5.32 Å². The second-order valence-electron chi connectivity index (χ2n) is 6.25. The molecule has 0 radical (unpaired) electrons. The zero-order valence-electron chi connectivity index (χ0n) is 13.4. The Balaban J connectivity index is 1.59. The normalized spacial score (nSPS) is 26.0. The fourth-order valence-electron chi connectivity index (χ4n) is 3.43. The van der Waals surface area contributed by atoms with E-state index in [1.807, 2.05) is 12.4 Å². The Morgan fingerprint density at radius 1 is 1.23 bits per heavy atom. The summed E-state index contributed by atoms with van der Waals surface area (Å²) in [6.45, 7) is 8.79. The van der Waals surface area contributed by atoms with E-state index in [9.17, 15) is 0 Å². The summed E-state index contributed by atoms with van der Waals surface area (Å²) in [5, 5.41) is 3.71. The zero-order valence-corrected chi connectivity index (χ0v) is 13.4. The maximum atomic E-state index is 5.63.